The number of aldehydes is 1. The van der Waals surface area contributed by atoms with Crippen molar-refractivity contribution in [2.75, 3.05) is 6.61 Å². The van der Waals surface area contributed by atoms with Crippen LogP contribution >= 0.6 is 0 Å². The van der Waals surface area contributed by atoms with Crippen molar-refractivity contribution in [3.63, 3.8) is 0 Å². The normalized spacial score (nSPS) is 17.2. The van der Waals surface area contributed by atoms with Crippen LogP contribution < -0.4 is 0 Å². The molecule has 0 fully saturated rings. The highest BCUT2D eigenvalue weighted by atomic mass is 16.6. The van der Waals surface area contributed by atoms with Gasteiger partial charge in [-0.3, -0.25) is 14.4 Å². The minimum absolute atomic E-state index is 0.0950. The molecule has 2 unspecified atom stereocenters. The molecule has 0 aliphatic heterocycles. The van der Waals surface area contributed by atoms with Crippen LogP contribution in [0, 0.1) is 0 Å². The molecule has 0 rings (SSSR count). The van der Waals surface area contributed by atoms with Crippen LogP contribution in [0.5, 0.6) is 0 Å². The van der Waals surface area contributed by atoms with Crippen molar-refractivity contribution >= 4 is 18.2 Å². The lowest BCUT2D eigenvalue weighted by atomic mass is 9.79. The largest absolute Gasteiger partial charge is 0.452 e. The average molecular weight is 260 g/mol. The standard InChI is InChI=1S/C12H20O6/c1-5-11(7-13,17-9(3)15)12(6-2,8-14)18-10(4)16/h7,14H,5-6,8H2,1-4H3. The molecule has 104 valence electrons. The fourth-order valence-electron chi connectivity index (χ4n) is 1.97. The summed E-state index contributed by atoms with van der Waals surface area (Å²) in [7, 11) is 0. The Morgan fingerprint density at radius 2 is 1.61 bits per heavy atom. The Morgan fingerprint density at radius 1 is 1.11 bits per heavy atom. The molecule has 0 radical (unpaired) electrons. The van der Waals surface area contributed by atoms with Crippen LogP contribution in [-0.4, -0.2) is 41.1 Å². The van der Waals surface area contributed by atoms with E-state index in [2.05, 4.69) is 0 Å². The zero-order chi connectivity index (χ0) is 14.4. The van der Waals surface area contributed by atoms with Crippen molar-refractivity contribution in [3.05, 3.63) is 0 Å². The van der Waals surface area contributed by atoms with Crippen molar-refractivity contribution in [2.45, 2.75) is 51.7 Å². The van der Waals surface area contributed by atoms with Gasteiger partial charge in [0, 0.05) is 13.8 Å². The van der Waals surface area contributed by atoms with Gasteiger partial charge in [0.25, 0.3) is 0 Å². The van der Waals surface area contributed by atoms with Crippen LogP contribution in [0.3, 0.4) is 0 Å². The Morgan fingerprint density at radius 3 is 1.83 bits per heavy atom. The number of carbonyl (C=O) groups is 3. The molecule has 0 aromatic carbocycles. The van der Waals surface area contributed by atoms with Gasteiger partial charge in [-0.2, -0.15) is 0 Å². The summed E-state index contributed by atoms with van der Waals surface area (Å²) in [6.07, 6.45) is 0.651. The second-order valence-electron chi connectivity index (χ2n) is 4.05. The number of aliphatic hydroxyl groups excluding tert-OH is 1. The van der Waals surface area contributed by atoms with E-state index in [0.717, 1.165) is 6.92 Å². The molecule has 0 saturated carbocycles. The molecule has 0 aliphatic carbocycles. The molecule has 6 heteroatoms. The summed E-state index contributed by atoms with van der Waals surface area (Å²) in [5, 5.41) is 9.51. The minimum Gasteiger partial charge on any atom is -0.452 e. The second kappa shape index (κ2) is 6.49. The Balaban J connectivity index is 5.66. The molecule has 6 nitrogen and oxygen atoms in total. The van der Waals surface area contributed by atoms with Crippen LogP contribution in [0.1, 0.15) is 40.5 Å². The van der Waals surface area contributed by atoms with Crippen LogP contribution in [0.15, 0.2) is 0 Å². The van der Waals surface area contributed by atoms with E-state index in [4.69, 9.17) is 9.47 Å². The summed E-state index contributed by atoms with van der Waals surface area (Å²) >= 11 is 0. The summed E-state index contributed by atoms with van der Waals surface area (Å²) < 4.78 is 10.1. The molecule has 18 heavy (non-hydrogen) atoms. The topological polar surface area (TPSA) is 89.9 Å². The smallest absolute Gasteiger partial charge is 0.303 e. The molecule has 0 spiro atoms. The molecule has 0 saturated heterocycles. The molecule has 0 bridgehead atoms. The third-order valence-corrected chi connectivity index (χ3v) is 2.98. The number of aliphatic hydroxyl groups is 1. The first-order valence-corrected chi connectivity index (χ1v) is 5.79. The Labute approximate surface area is 106 Å². The van der Waals surface area contributed by atoms with Gasteiger partial charge in [-0.05, 0) is 12.8 Å². The number of hydrogen-bond acceptors (Lipinski definition) is 6. The van der Waals surface area contributed by atoms with E-state index in [9.17, 15) is 19.5 Å². The first kappa shape index (κ1) is 16.6. The summed E-state index contributed by atoms with van der Waals surface area (Å²) in [5.74, 6) is -1.33. The zero-order valence-electron chi connectivity index (χ0n) is 11.2. The Bertz CT molecular complexity index is 321. The quantitative estimate of drug-likeness (QED) is 0.532. The number of ether oxygens (including phenoxy) is 2. The first-order valence-electron chi connectivity index (χ1n) is 5.79. The van der Waals surface area contributed by atoms with Gasteiger partial charge >= 0.3 is 11.9 Å². The van der Waals surface area contributed by atoms with Crippen molar-refractivity contribution in [3.8, 4) is 0 Å². The SMILES string of the molecule is CCC(C=O)(OC(C)=O)C(CC)(CO)OC(C)=O. The van der Waals surface area contributed by atoms with Crippen LogP contribution in [-0.2, 0) is 23.9 Å². The van der Waals surface area contributed by atoms with Crippen molar-refractivity contribution in [1.82, 2.24) is 0 Å². The monoisotopic (exact) mass is 260 g/mol. The summed E-state index contributed by atoms with van der Waals surface area (Å²) in [6.45, 7) is 4.96. The van der Waals surface area contributed by atoms with Gasteiger partial charge in [0.2, 0.25) is 5.60 Å². The van der Waals surface area contributed by atoms with E-state index in [0.29, 0.717) is 6.29 Å². The summed E-state index contributed by atoms with van der Waals surface area (Å²) in [6, 6.07) is 0. The highest BCUT2D eigenvalue weighted by molar-refractivity contribution is 5.75. The Kier molecular flexibility index (Phi) is 5.97. The fraction of sp³-hybridized carbons (Fsp3) is 0.750. The number of hydrogen-bond donors (Lipinski definition) is 1. The van der Waals surface area contributed by atoms with E-state index in [-0.39, 0.29) is 12.8 Å². The van der Waals surface area contributed by atoms with Crippen LogP contribution in [0.25, 0.3) is 0 Å². The molecule has 0 aromatic heterocycles. The van der Waals surface area contributed by atoms with Gasteiger partial charge < -0.3 is 14.6 Å². The molecule has 1 N–H and O–H groups in total. The Hall–Kier alpha value is -1.43. The predicted molar refractivity (Wildman–Crippen MR) is 62.7 cm³/mol. The average Bonchev–Trinajstić information content (AvgIpc) is 2.32. The van der Waals surface area contributed by atoms with E-state index >= 15 is 0 Å². The number of rotatable bonds is 7. The van der Waals surface area contributed by atoms with E-state index in [1.165, 1.54) is 6.92 Å². The van der Waals surface area contributed by atoms with Gasteiger partial charge in [0.05, 0.1) is 6.61 Å². The molecule has 0 heterocycles. The van der Waals surface area contributed by atoms with Crippen LogP contribution in [0.2, 0.25) is 0 Å². The highest BCUT2D eigenvalue weighted by Gasteiger charge is 2.55. The number of esters is 2. The maximum Gasteiger partial charge on any atom is 0.303 e. The lowest BCUT2D eigenvalue weighted by Gasteiger charge is -2.43. The maximum absolute atomic E-state index is 11.4. The van der Waals surface area contributed by atoms with Crippen LogP contribution in [0.4, 0.5) is 0 Å². The van der Waals surface area contributed by atoms with E-state index < -0.39 is 29.7 Å². The van der Waals surface area contributed by atoms with Crippen molar-refractivity contribution in [2.24, 2.45) is 0 Å². The highest BCUT2D eigenvalue weighted by Crippen LogP contribution is 2.35. The van der Waals surface area contributed by atoms with E-state index in [1.807, 2.05) is 0 Å². The first-order chi connectivity index (χ1) is 8.33. The zero-order valence-corrected chi connectivity index (χ0v) is 11.2. The number of carbonyl (C=O) groups excluding carboxylic acids is 3. The summed E-state index contributed by atoms with van der Waals surface area (Å²) in [4.78, 5) is 33.6. The molecule has 0 aliphatic rings. The third-order valence-electron chi connectivity index (χ3n) is 2.98. The molecule has 0 aromatic rings. The second-order valence-corrected chi connectivity index (χ2v) is 4.05. The lowest BCUT2D eigenvalue weighted by molar-refractivity contribution is -0.216. The molecule has 0 amide bonds. The molecule has 2 atom stereocenters. The van der Waals surface area contributed by atoms with Crippen molar-refractivity contribution in [1.29, 1.82) is 0 Å². The predicted octanol–water partition coefficient (Wildman–Crippen LogP) is 0.601. The maximum atomic E-state index is 11.4. The molecular formula is C12H20O6. The van der Waals surface area contributed by atoms with Crippen molar-refractivity contribution < 1.29 is 29.0 Å². The minimum atomic E-state index is -1.67. The molecular weight excluding hydrogens is 240 g/mol. The van der Waals surface area contributed by atoms with Gasteiger partial charge in [-0.15, -0.1) is 0 Å². The summed E-state index contributed by atoms with van der Waals surface area (Å²) in [5.41, 5.74) is -3.23. The lowest BCUT2D eigenvalue weighted by Crippen LogP contribution is -2.61. The van der Waals surface area contributed by atoms with Gasteiger partial charge in [-0.1, -0.05) is 13.8 Å². The van der Waals surface area contributed by atoms with Gasteiger partial charge in [0.15, 0.2) is 11.9 Å². The fourth-order valence-corrected chi connectivity index (χ4v) is 1.97. The van der Waals surface area contributed by atoms with E-state index in [1.54, 1.807) is 13.8 Å². The third kappa shape index (κ3) is 3.07. The van der Waals surface area contributed by atoms with Gasteiger partial charge in [-0.25, -0.2) is 0 Å². The van der Waals surface area contributed by atoms with Gasteiger partial charge in [0.1, 0.15) is 0 Å².